The fraction of sp³-hybridized carbons (Fsp3) is 0.190. The summed E-state index contributed by atoms with van der Waals surface area (Å²) in [5.74, 6) is 1.06. The number of hydrogen-bond donors (Lipinski definition) is 1. The van der Waals surface area contributed by atoms with Crippen molar-refractivity contribution in [3.05, 3.63) is 71.1 Å². The van der Waals surface area contributed by atoms with Crippen LogP contribution in [-0.2, 0) is 11.3 Å². The second-order valence-corrected chi connectivity index (χ2v) is 7.44. The van der Waals surface area contributed by atoms with Crippen molar-refractivity contribution >= 4 is 28.4 Å². The van der Waals surface area contributed by atoms with Gasteiger partial charge in [-0.15, -0.1) is 0 Å². The summed E-state index contributed by atoms with van der Waals surface area (Å²) in [6, 6.07) is 15.5. The molecule has 4 aromatic rings. The number of hydrogen-bond acceptors (Lipinski definition) is 4. The Bertz CT molecular complexity index is 1170. The van der Waals surface area contributed by atoms with Gasteiger partial charge in [-0.2, -0.15) is 4.98 Å². The molecular weight excluding hydrogens is 376 g/mol. The normalized spacial score (nSPS) is 17.0. The monoisotopic (exact) mass is 392 g/mol. The Kier molecular flexibility index (Phi) is 4.13. The van der Waals surface area contributed by atoms with Gasteiger partial charge in [0, 0.05) is 53.1 Å². The quantitative estimate of drug-likeness (QED) is 0.559. The molecule has 28 heavy (non-hydrogen) atoms. The van der Waals surface area contributed by atoms with Gasteiger partial charge < -0.3 is 14.4 Å². The van der Waals surface area contributed by atoms with Crippen LogP contribution in [0.2, 0.25) is 5.02 Å². The lowest BCUT2D eigenvalue weighted by Crippen LogP contribution is -2.24. The van der Waals surface area contributed by atoms with E-state index < -0.39 is 0 Å². The number of halogens is 1. The summed E-state index contributed by atoms with van der Waals surface area (Å²) in [4.78, 5) is 22.1. The molecule has 1 fully saturated rings. The minimum Gasteiger partial charge on any atom is -0.361 e. The van der Waals surface area contributed by atoms with E-state index in [9.17, 15) is 4.79 Å². The molecule has 2 aromatic heterocycles. The van der Waals surface area contributed by atoms with Crippen molar-refractivity contribution in [1.29, 1.82) is 0 Å². The van der Waals surface area contributed by atoms with Gasteiger partial charge in [-0.3, -0.25) is 4.79 Å². The van der Waals surface area contributed by atoms with Crippen LogP contribution < -0.4 is 0 Å². The summed E-state index contributed by atoms with van der Waals surface area (Å²) in [5, 5.41) is 5.86. The van der Waals surface area contributed by atoms with Gasteiger partial charge in [-0.25, -0.2) is 0 Å². The van der Waals surface area contributed by atoms with Crippen LogP contribution in [0.25, 0.3) is 22.4 Å². The zero-order valence-electron chi connectivity index (χ0n) is 14.9. The smallest absolute Gasteiger partial charge is 0.258 e. The highest BCUT2D eigenvalue weighted by Gasteiger charge is 2.33. The minimum absolute atomic E-state index is 0.0744. The van der Waals surface area contributed by atoms with E-state index in [0.29, 0.717) is 36.2 Å². The highest BCUT2D eigenvalue weighted by Crippen LogP contribution is 2.31. The van der Waals surface area contributed by atoms with Gasteiger partial charge in [0.15, 0.2) is 5.82 Å². The lowest BCUT2D eigenvalue weighted by Gasteiger charge is -2.16. The summed E-state index contributed by atoms with van der Waals surface area (Å²) in [7, 11) is 0. The molecule has 140 valence electrons. The zero-order valence-corrected chi connectivity index (χ0v) is 15.7. The van der Waals surface area contributed by atoms with Crippen LogP contribution in [0.3, 0.4) is 0 Å². The maximum Gasteiger partial charge on any atom is 0.258 e. The number of fused-ring (bicyclic) bond motifs is 1. The number of rotatable bonds is 4. The number of carbonyl (C=O) groups excluding carboxylic acids is 1. The molecular formula is C21H17ClN4O2. The summed E-state index contributed by atoms with van der Waals surface area (Å²) in [5.41, 5.74) is 2.91. The fourth-order valence-corrected chi connectivity index (χ4v) is 3.95. The van der Waals surface area contributed by atoms with E-state index >= 15 is 0 Å². The number of H-pyrrole nitrogens is 1. The Morgan fingerprint density at radius 3 is 3.00 bits per heavy atom. The Hall–Kier alpha value is -3.12. The molecule has 0 spiro atoms. The van der Waals surface area contributed by atoms with Crippen molar-refractivity contribution in [3.63, 3.8) is 0 Å². The molecule has 1 atom stereocenters. The minimum atomic E-state index is -0.0744. The number of aromatic nitrogens is 3. The third-order valence-electron chi connectivity index (χ3n) is 5.11. The van der Waals surface area contributed by atoms with E-state index in [0.717, 1.165) is 22.0 Å². The average Bonchev–Trinajstić information content (AvgIpc) is 3.41. The third kappa shape index (κ3) is 3.05. The molecule has 0 radical (unpaired) electrons. The number of nitrogens with one attached hydrogen (secondary N) is 1. The molecule has 7 heteroatoms. The predicted molar refractivity (Wildman–Crippen MR) is 106 cm³/mol. The van der Waals surface area contributed by atoms with Gasteiger partial charge in [0.05, 0.1) is 0 Å². The van der Waals surface area contributed by atoms with E-state index in [4.69, 9.17) is 16.1 Å². The van der Waals surface area contributed by atoms with Crippen molar-refractivity contribution in [3.8, 4) is 11.5 Å². The van der Waals surface area contributed by atoms with Gasteiger partial charge in [0.1, 0.15) is 0 Å². The van der Waals surface area contributed by atoms with E-state index in [2.05, 4.69) is 15.1 Å². The third-order valence-corrected chi connectivity index (χ3v) is 5.34. The second kappa shape index (κ2) is 6.80. The Labute approximate surface area is 166 Å². The summed E-state index contributed by atoms with van der Waals surface area (Å²) in [6.45, 7) is 1.10. The van der Waals surface area contributed by atoms with Crippen molar-refractivity contribution in [2.24, 2.45) is 0 Å². The summed E-state index contributed by atoms with van der Waals surface area (Å²) < 4.78 is 5.52. The standard InChI is InChI=1S/C21H17ClN4O2/c22-15-4-1-3-13(9-15)11-26-12-14(10-19(26)27)20-24-21(28-25-20)17-5-2-6-18-16(17)7-8-23-18/h1-9,14,23H,10-12H2. The van der Waals surface area contributed by atoms with Crippen LogP contribution in [0, 0.1) is 0 Å². The predicted octanol–water partition coefficient (Wildman–Crippen LogP) is 4.39. The molecule has 5 rings (SSSR count). The van der Waals surface area contributed by atoms with Crippen LogP contribution in [0.15, 0.2) is 59.3 Å². The highest BCUT2D eigenvalue weighted by atomic mass is 35.5. The van der Waals surface area contributed by atoms with E-state index in [-0.39, 0.29) is 11.8 Å². The number of likely N-dealkylation sites (tertiary alicyclic amines) is 1. The Morgan fingerprint density at radius 1 is 1.21 bits per heavy atom. The summed E-state index contributed by atoms with van der Waals surface area (Å²) >= 11 is 6.05. The van der Waals surface area contributed by atoms with E-state index in [1.165, 1.54) is 0 Å². The van der Waals surface area contributed by atoms with Crippen LogP contribution >= 0.6 is 11.6 Å². The summed E-state index contributed by atoms with van der Waals surface area (Å²) in [6.07, 6.45) is 2.27. The van der Waals surface area contributed by atoms with E-state index in [1.807, 2.05) is 59.6 Å². The molecule has 1 aliphatic heterocycles. The maximum absolute atomic E-state index is 12.5. The zero-order chi connectivity index (χ0) is 19.1. The number of aromatic amines is 1. The first-order chi connectivity index (χ1) is 13.7. The first-order valence-electron chi connectivity index (χ1n) is 9.10. The molecule has 1 unspecified atom stereocenters. The molecule has 1 saturated heterocycles. The van der Waals surface area contributed by atoms with Crippen molar-refractivity contribution in [2.45, 2.75) is 18.9 Å². The molecule has 1 N–H and O–H groups in total. The SMILES string of the molecule is O=C1CC(c2noc(-c3cccc4[nH]ccc34)n2)CN1Cc1cccc(Cl)c1. The fourth-order valence-electron chi connectivity index (χ4n) is 3.74. The molecule has 1 amide bonds. The number of carbonyl (C=O) groups is 1. The van der Waals surface area contributed by atoms with Gasteiger partial charge in [-0.05, 0) is 35.9 Å². The highest BCUT2D eigenvalue weighted by molar-refractivity contribution is 6.30. The van der Waals surface area contributed by atoms with Gasteiger partial charge in [0.2, 0.25) is 5.91 Å². The van der Waals surface area contributed by atoms with Crippen molar-refractivity contribution < 1.29 is 9.32 Å². The molecule has 2 aromatic carbocycles. The molecule has 6 nitrogen and oxygen atoms in total. The Morgan fingerprint density at radius 2 is 2.11 bits per heavy atom. The molecule has 0 bridgehead atoms. The topological polar surface area (TPSA) is 75.0 Å². The van der Waals surface area contributed by atoms with Crippen molar-refractivity contribution in [1.82, 2.24) is 20.0 Å². The van der Waals surface area contributed by atoms with Gasteiger partial charge in [-0.1, -0.05) is 35.0 Å². The molecule has 1 aliphatic rings. The molecule has 3 heterocycles. The lowest BCUT2D eigenvalue weighted by atomic mass is 10.1. The van der Waals surface area contributed by atoms with Gasteiger partial charge >= 0.3 is 0 Å². The number of benzene rings is 2. The largest absolute Gasteiger partial charge is 0.361 e. The second-order valence-electron chi connectivity index (χ2n) is 7.01. The van der Waals surface area contributed by atoms with Crippen LogP contribution in [0.5, 0.6) is 0 Å². The van der Waals surface area contributed by atoms with Crippen LogP contribution in [0.4, 0.5) is 0 Å². The first kappa shape index (κ1) is 17.0. The Balaban J connectivity index is 1.36. The molecule has 0 aliphatic carbocycles. The van der Waals surface area contributed by atoms with Crippen LogP contribution in [-0.4, -0.2) is 32.5 Å². The van der Waals surface area contributed by atoms with E-state index in [1.54, 1.807) is 0 Å². The van der Waals surface area contributed by atoms with Crippen LogP contribution in [0.1, 0.15) is 23.7 Å². The molecule has 0 saturated carbocycles. The lowest BCUT2D eigenvalue weighted by molar-refractivity contribution is -0.128. The maximum atomic E-state index is 12.5. The average molecular weight is 393 g/mol. The number of nitrogens with zero attached hydrogens (tertiary/aromatic N) is 3. The first-order valence-corrected chi connectivity index (χ1v) is 9.47. The van der Waals surface area contributed by atoms with Gasteiger partial charge in [0.25, 0.3) is 5.89 Å². The van der Waals surface area contributed by atoms with Crippen molar-refractivity contribution in [2.75, 3.05) is 6.54 Å². The number of amides is 1.